The summed E-state index contributed by atoms with van der Waals surface area (Å²) in [7, 11) is 0. The van der Waals surface area contributed by atoms with Crippen LogP contribution in [0.25, 0.3) is 0 Å². The third kappa shape index (κ3) is 5.41. The van der Waals surface area contributed by atoms with Gasteiger partial charge in [0, 0.05) is 36.4 Å². The van der Waals surface area contributed by atoms with E-state index in [9.17, 15) is 9.18 Å². The van der Waals surface area contributed by atoms with Crippen molar-refractivity contribution in [1.29, 1.82) is 0 Å². The fourth-order valence-electron chi connectivity index (χ4n) is 2.93. The van der Waals surface area contributed by atoms with Crippen molar-refractivity contribution in [2.45, 2.75) is 6.04 Å². The molecular weight excluding hydrogens is 364 g/mol. The zero-order valence-electron chi connectivity index (χ0n) is 13.5. The zero-order valence-corrected chi connectivity index (χ0v) is 15.1. The van der Waals surface area contributed by atoms with Gasteiger partial charge < -0.3 is 10.6 Å². The summed E-state index contributed by atoms with van der Waals surface area (Å²) >= 11 is 6.09. The third-order valence-electron chi connectivity index (χ3n) is 4.04. The number of benzene rings is 2. The van der Waals surface area contributed by atoms with Gasteiger partial charge in [0.2, 0.25) is 5.91 Å². The fraction of sp³-hybridized carbons (Fsp3) is 0.278. The standard InChI is InChI=1S/C18H19ClFN3O.ClH/c19-14-4-1-3-13(9-14)17-11-21-7-8-23(17)12-18(24)22-16-6-2-5-15(20)10-16;/h1-6,9-10,17,21H,7-8,11-12H2,(H,22,24);1H. The van der Waals surface area contributed by atoms with Gasteiger partial charge in [-0.2, -0.15) is 0 Å². The molecule has 1 aliphatic rings. The summed E-state index contributed by atoms with van der Waals surface area (Å²) < 4.78 is 13.2. The molecule has 2 N–H and O–H groups in total. The van der Waals surface area contributed by atoms with E-state index in [0.717, 1.165) is 25.2 Å². The quantitative estimate of drug-likeness (QED) is 0.849. The van der Waals surface area contributed by atoms with E-state index in [4.69, 9.17) is 11.6 Å². The Bertz CT molecular complexity index is 729. The molecule has 0 radical (unpaired) electrons. The van der Waals surface area contributed by atoms with Crippen molar-refractivity contribution in [3.8, 4) is 0 Å². The highest BCUT2D eigenvalue weighted by atomic mass is 35.5. The van der Waals surface area contributed by atoms with Gasteiger partial charge in [-0.25, -0.2) is 4.39 Å². The maximum Gasteiger partial charge on any atom is 0.238 e. The Kier molecular flexibility index (Phi) is 7.20. The summed E-state index contributed by atoms with van der Waals surface area (Å²) in [6.07, 6.45) is 0. The molecule has 1 atom stereocenters. The van der Waals surface area contributed by atoms with E-state index in [1.54, 1.807) is 12.1 Å². The second kappa shape index (κ2) is 9.15. The van der Waals surface area contributed by atoms with Crippen LogP contribution in [-0.4, -0.2) is 37.0 Å². The largest absolute Gasteiger partial charge is 0.325 e. The molecule has 0 aliphatic carbocycles. The number of carbonyl (C=O) groups excluding carboxylic acids is 1. The van der Waals surface area contributed by atoms with Crippen LogP contribution < -0.4 is 10.6 Å². The highest BCUT2D eigenvalue weighted by molar-refractivity contribution is 6.30. The van der Waals surface area contributed by atoms with Crippen molar-refractivity contribution in [3.05, 3.63) is 64.9 Å². The Morgan fingerprint density at radius 3 is 2.84 bits per heavy atom. The van der Waals surface area contributed by atoms with Crippen molar-refractivity contribution < 1.29 is 9.18 Å². The van der Waals surface area contributed by atoms with Crippen LogP contribution in [0.2, 0.25) is 5.02 Å². The maximum absolute atomic E-state index is 13.2. The van der Waals surface area contributed by atoms with Gasteiger partial charge in [-0.15, -0.1) is 12.4 Å². The first-order valence-electron chi connectivity index (χ1n) is 7.87. The Morgan fingerprint density at radius 2 is 2.08 bits per heavy atom. The van der Waals surface area contributed by atoms with Gasteiger partial charge in [0.25, 0.3) is 0 Å². The predicted octanol–water partition coefficient (Wildman–Crippen LogP) is 3.49. The van der Waals surface area contributed by atoms with Gasteiger partial charge in [-0.05, 0) is 35.9 Å². The molecule has 2 aromatic carbocycles. The Balaban J connectivity index is 0.00000225. The minimum Gasteiger partial charge on any atom is -0.325 e. The highest BCUT2D eigenvalue weighted by Gasteiger charge is 2.25. The van der Waals surface area contributed by atoms with Gasteiger partial charge in [-0.1, -0.05) is 29.8 Å². The van der Waals surface area contributed by atoms with Crippen molar-refractivity contribution in [3.63, 3.8) is 0 Å². The molecule has 3 rings (SSSR count). The molecule has 0 spiro atoms. The number of rotatable bonds is 4. The number of carbonyl (C=O) groups is 1. The lowest BCUT2D eigenvalue weighted by Gasteiger charge is -2.36. The average molecular weight is 384 g/mol. The van der Waals surface area contributed by atoms with Crippen molar-refractivity contribution in [2.75, 3.05) is 31.5 Å². The normalized spacial score (nSPS) is 17.6. The predicted molar refractivity (Wildman–Crippen MR) is 101 cm³/mol. The lowest BCUT2D eigenvalue weighted by molar-refractivity contribution is -0.118. The van der Waals surface area contributed by atoms with E-state index in [1.165, 1.54) is 12.1 Å². The number of nitrogens with zero attached hydrogens (tertiary/aromatic N) is 1. The van der Waals surface area contributed by atoms with Crippen LogP contribution in [0.15, 0.2) is 48.5 Å². The molecule has 0 aromatic heterocycles. The van der Waals surface area contributed by atoms with Crippen LogP contribution in [0.3, 0.4) is 0 Å². The van der Waals surface area contributed by atoms with E-state index in [0.29, 0.717) is 10.7 Å². The lowest BCUT2D eigenvalue weighted by atomic mass is 10.0. The first-order valence-corrected chi connectivity index (χ1v) is 8.25. The molecule has 2 aromatic rings. The molecule has 1 aliphatic heterocycles. The van der Waals surface area contributed by atoms with Gasteiger partial charge in [0.1, 0.15) is 5.82 Å². The topological polar surface area (TPSA) is 44.4 Å². The second-order valence-corrected chi connectivity index (χ2v) is 6.24. The van der Waals surface area contributed by atoms with E-state index < -0.39 is 0 Å². The van der Waals surface area contributed by atoms with Gasteiger partial charge in [0.05, 0.1) is 6.54 Å². The first kappa shape index (κ1) is 19.7. The van der Waals surface area contributed by atoms with Crippen LogP contribution in [0.4, 0.5) is 10.1 Å². The van der Waals surface area contributed by atoms with Crippen LogP contribution in [0.5, 0.6) is 0 Å². The number of hydrogen-bond acceptors (Lipinski definition) is 3. The lowest BCUT2D eigenvalue weighted by Crippen LogP contribution is -2.48. The smallest absolute Gasteiger partial charge is 0.238 e. The highest BCUT2D eigenvalue weighted by Crippen LogP contribution is 2.24. The summed E-state index contributed by atoms with van der Waals surface area (Å²) in [5, 5.41) is 6.78. The van der Waals surface area contributed by atoms with Crippen molar-refractivity contribution in [2.24, 2.45) is 0 Å². The van der Waals surface area contributed by atoms with Gasteiger partial charge >= 0.3 is 0 Å². The van der Waals surface area contributed by atoms with Crippen molar-refractivity contribution in [1.82, 2.24) is 10.2 Å². The number of anilines is 1. The summed E-state index contributed by atoms with van der Waals surface area (Å²) in [5.41, 5.74) is 1.54. The monoisotopic (exact) mass is 383 g/mol. The molecule has 1 unspecified atom stereocenters. The molecule has 0 saturated carbocycles. The summed E-state index contributed by atoms with van der Waals surface area (Å²) in [6, 6.07) is 13.7. The molecule has 1 amide bonds. The zero-order chi connectivity index (χ0) is 16.9. The Hall–Kier alpha value is -1.66. The summed E-state index contributed by atoms with van der Waals surface area (Å²) in [4.78, 5) is 14.4. The van der Waals surface area contributed by atoms with E-state index in [2.05, 4.69) is 15.5 Å². The molecule has 134 valence electrons. The molecule has 1 fully saturated rings. The molecule has 4 nitrogen and oxygen atoms in total. The van der Waals surface area contributed by atoms with Crippen LogP contribution >= 0.6 is 24.0 Å². The van der Waals surface area contributed by atoms with Crippen LogP contribution in [0.1, 0.15) is 11.6 Å². The van der Waals surface area contributed by atoms with Crippen LogP contribution in [0, 0.1) is 5.82 Å². The first-order chi connectivity index (χ1) is 11.6. The molecule has 7 heteroatoms. The molecule has 0 bridgehead atoms. The third-order valence-corrected chi connectivity index (χ3v) is 4.28. The average Bonchev–Trinajstić information content (AvgIpc) is 2.55. The summed E-state index contributed by atoms with van der Waals surface area (Å²) in [5.74, 6) is -0.527. The number of halogens is 3. The van der Waals surface area contributed by atoms with E-state index in [1.807, 2.05) is 24.3 Å². The maximum atomic E-state index is 13.2. The minimum absolute atomic E-state index is 0. The Morgan fingerprint density at radius 1 is 1.28 bits per heavy atom. The molecule has 1 saturated heterocycles. The molecule has 1 heterocycles. The number of amides is 1. The van der Waals surface area contributed by atoms with E-state index in [-0.39, 0.29) is 36.7 Å². The van der Waals surface area contributed by atoms with Gasteiger partial charge in [-0.3, -0.25) is 9.69 Å². The minimum atomic E-state index is -0.369. The van der Waals surface area contributed by atoms with Gasteiger partial charge in [0.15, 0.2) is 0 Å². The van der Waals surface area contributed by atoms with E-state index >= 15 is 0 Å². The molecule has 25 heavy (non-hydrogen) atoms. The molecular formula is C18H20Cl2FN3O. The Labute approximate surface area is 157 Å². The summed E-state index contributed by atoms with van der Waals surface area (Å²) in [6.45, 7) is 2.58. The second-order valence-electron chi connectivity index (χ2n) is 5.80. The van der Waals surface area contributed by atoms with Crippen molar-refractivity contribution >= 4 is 35.6 Å². The number of hydrogen-bond donors (Lipinski definition) is 2. The van der Waals surface area contributed by atoms with Crippen LogP contribution in [-0.2, 0) is 4.79 Å². The number of nitrogens with one attached hydrogen (secondary N) is 2. The SMILES string of the molecule is Cl.O=C(CN1CCNCC1c1cccc(Cl)c1)Nc1cccc(F)c1. The number of piperazine rings is 1. The fourth-order valence-corrected chi connectivity index (χ4v) is 3.13.